The summed E-state index contributed by atoms with van der Waals surface area (Å²) in [5, 5.41) is 2.27. The molecule has 0 amide bonds. The first kappa shape index (κ1) is 17.5. The highest BCUT2D eigenvalue weighted by Gasteiger charge is 2.09. The maximum atomic E-state index is 12.4. The largest absolute Gasteiger partial charge is 0.482 e. The second-order valence-corrected chi connectivity index (χ2v) is 4.88. The summed E-state index contributed by atoms with van der Waals surface area (Å²) in [5.74, 6) is -0.0631. The van der Waals surface area contributed by atoms with Gasteiger partial charge in [0.2, 0.25) is 0 Å². The number of nitrogens with zero attached hydrogens (tertiary/aromatic N) is 1. The summed E-state index contributed by atoms with van der Waals surface area (Å²) in [4.78, 5) is 27.5. The first-order valence-corrected chi connectivity index (χ1v) is 7.66. The van der Waals surface area contributed by atoms with Crippen LogP contribution in [0.3, 0.4) is 0 Å². The summed E-state index contributed by atoms with van der Waals surface area (Å²) in [5.41, 5.74) is 1.70. The van der Waals surface area contributed by atoms with E-state index in [1.54, 1.807) is 55.5 Å². The molecule has 0 bridgehead atoms. The van der Waals surface area contributed by atoms with Gasteiger partial charge in [0.25, 0.3) is 0 Å². The van der Waals surface area contributed by atoms with Gasteiger partial charge in [-0.15, -0.1) is 0 Å². The Morgan fingerprint density at radius 2 is 1.62 bits per heavy atom. The van der Waals surface area contributed by atoms with E-state index in [2.05, 4.69) is 22.4 Å². The molecule has 0 radical (unpaired) electrons. The SMILES string of the molecule is CCOC(=O)COc1ccc(C(=O)c2ccc(N=C=S)cc2)cc1. The van der Waals surface area contributed by atoms with Gasteiger partial charge in [0.1, 0.15) is 5.75 Å². The molecule has 0 N–H and O–H groups in total. The predicted molar refractivity (Wildman–Crippen MR) is 93.1 cm³/mol. The number of aliphatic imine (C=N–C) groups is 1. The smallest absolute Gasteiger partial charge is 0.344 e. The zero-order chi connectivity index (χ0) is 17.4. The lowest BCUT2D eigenvalue weighted by molar-refractivity contribution is -0.145. The summed E-state index contributed by atoms with van der Waals surface area (Å²) in [6.45, 7) is 1.87. The molecule has 0 aliphatic carbocycles. The molecule has 24 heavy (non-hydrogen) atoms. The third-order valence-electron chi connectivity index (χ3n) is 3.08. The summed E-state index contributed by atoms with van der Waals surface area (Å²) in [6.07, 6.45) is 0. The maximum absolute atomic E-state index is 12.4. The lowest BCUT2D eigenvalue weighted by atomic mass is 10.0. The predicted octanol–water partition coefficient (Wildman–Crippen LogP) is 3.59. The highest BCUT2D eigenvalue weighted by Crippen LogP contribution is 2.18. The van der Waals surface area contributed by atoms with Crippen LogP contribution in [0.2, 0.25) is 0 Å². The van der Waals surface area contributed by atoms with Crippen LogP contribution < -0.4 is 4.74 Å². The Bertz CT molecular complexity index is 763. The number of isothiocyanates is 1. The van der Waals surface area contributed by atoms with Crippen LogP contribution in [0.1, 0.15) is 22.8 Å². The van der Waals surface area contributed by atoms with Crippen LogP contribution in [-0.2, 0) is 9.53 Å². The topological polar surface area (TPSA) is 65.0 Å². The number of carbonyl (C=O) groups is 2. The van der Waals surface area contributed by atoms with Crippen molar-refractivity contribution in [1.29, 1.82) is 0 Å². The minimum Gasteiger partial charge on any atom is -0.482 e. The van der Waals surface area contributed by atoms with Crippen molar-refractivity contribution in [3.05, 3.63) is 59.7 Å². The quantitative estimate of drug-likeness (QED) is 0.333. The highest BCUT2D eigenvalue weighted by molar-refractivity contribution is 7.78. The van der Waals surface area contributed by atoms with Crippen molar-refractivity contribution in [2.45, 2.75) is 6.92 Å². The van der Waals surface area contributed by atoms with Gasteiger partial charge in [0.15, 0.2) is 12.4 Å². The van der Waals surface area contributed by atoms with E-state index in [1.165, 1.54) is 0 Å². The third kappa shape index (κ3) is 4.84. The van der Waals surface area contributed by atoms with Crippen molar-refractivity contribution < 1.29 is 19.1 Å². The Kier molecular flexibility index (Phi) is 6.37. The molecule has 6 heteroatoms. The van der Waals surface area contributed by atoms with E-state index in [-0.39, 0.29) is 12.4 Å². The molecule has 0 saturated heterocycles. The average molecular weight is 341 g/mol. The van der Waals surface area contributed by atoms with Crippen LogP contribution in [0.25, 0.3) is 0 Å². The summed E-state index contributed by atoms with van der Waals surface area (Å²) < 4.78 is 10.1. The van der Waals surface area contributed by atoms with E-state index < -0.39 is 5.97 Å². The molecule has 0 aromatic heterocycles. The second kappa shape index (κ2) is 8.72. The number of benzene rings is 2. The van der Waals surface area contributed by atoms with Crippen molar-refractivity contribution >= 4 is 34.8 Å². The standard InChI is InChI=1S/C18H15NO4S/c1-2-22-17(20)11-23-16-9-5-14(6-10-16)18(21)13-3-7-15(8-4-13)19-12-24/h3-10H,2,11H2,1H3. The van der Waals surface area contributed by atoms with Gasteiger partial charge in [-0.1, -0.05) is 0 Å². The van der Waals surface area contributed by atoms with E-state index >= 15 is 0 Å². The molecular weight excluding hydrogens is 326 g/mol. The molecule has 2 aromatic carbocycles. The molecule has 0 heterocycles. The Balaban J connectivity index is 2.02. The molecule has 0 fully saturated rings. The Hall–Kier alpha value is -2.82. The fraction of sp³-hybridized carbons (Fsp3) is 0.167. The molecule has 2 aromatic rings. The van der Waals surface area contributed by atoms with Gasteiger partial charge in [-0.2, -0.15) is 4.99 Å². The van der Waals surface area contributed by atoms with Crippen molar-refractivity contribution in [2.24, 2.45) is 4.99 Å². The molecule has 0 atom stereocenters. The first-order valence-electron chi connectivity index (χ1n) is 7.25. The molecule has 0 unspecified atom stereocenters. The number of hydrogen-bond donors (Lipinski definition) is 0. The molecule has 0 aliphatic heterocycles. The number of carbonyl (C=O) groups excluding carboxylic acids is 2. The van der Waals surface area contributed by atoms with Gasteiger partial charge in [-0.05, 0) is 67.7 Å². The molecule has 0 aliphatic rings. The molecular formula is C18H15NO4S. The number of esters is 1. The van der Waals surface area contributed by atoms with Crippen LogP contribution >= 0.6 is 12.2 Å². The fourth-order valence-electron chi connectivity index (χ4n) is 1.95. The van der Waals surface area contributed by atoms with E-state index in [9.17, 15) is 9.59 Å². The molecule has 5 nitrogen and oxygen atoms in total. The van der Waals surface area contributed by atoms with E-state index in [0.717, 1.165) is 0 Å². The zero-order valence-electron chi connectivity index (χ0n) is 13.0. The van der Waals surface area contributed by atoms with Gasteiger partial charge in [-0.3, -0.25) is 4.79 Å². The molecule has 0 saturated carbocycles. The van der Waals surface area contributed by atoms with E-state index in [0.29, 0.717) is 29.2 Å². The number of hydrogen-bond acceptors (Lipinski definition) is 6. The zero-order valence-corrected chi connectivity index (χ0v) is 13.8. The monoisotopic (exact) mass is 341 g/mol. The van der Waals surface area contributed by atoms with Crippen LogP contribution in [0.15, 0.2) is 53.5 Å². The van der Waals surface area contributed by atoms with Crippen LogP contribution in [0.4, 0.5) is 5.69 Å². The number of thiocarbonyl (C=S) groups is 1. The van der Waals surface area contributed by atoms with Gasteiger partial charge in [0, 0.05) is 11.1 Å². The summed E-state index contributed by atoms with van der Waals surface area (Å²) in [7, 11) is 0. The summed E-state index contributed by atoms with van der Waals surface area (Å²) in [6, 6.07) is 13.3. The van der Waals surface area contributed by atoms with Crippen molar-refractivity contribution in [2.75, 3.05) is 13.2 Å². The lowest BCUT2D eigenvalue weighted by Crippen LogP contribution is -2.14. The van der Waals surface area contributed by atoms with E-state index in [4.69, 9.17) is 9.47 Å². The summed E-state index contributed by atoms with van der Waals surface area (Å²) >= 11 is 4.53. The minimum absolute atomic E-state index is 0.121. The Morgan fingerprint density at radius 1 is 1.04 bits per heavy atom. The number of ether oxygens (including phenoxy) is 2. The second-order valence-electron chi connectivity index (χ2n) is 4.70. The van der Waals surface area contributed by atoms with Crippen molar-refractivity contribution in [3.8, 4) is 5.75 Å². The van der Waals surface area contributed by atoms with Gasteiger partial charge < -0.3 is 9.47 Å². The molecule has 0 spiro atoms. The Labute approximate surface area is 144 Å². The molecule has 122 valence electrons. The third-order valence-corrected chi connectivity index (χ3v) is 3.17. The Morgan fingerprint density at radius 3 is 2.17 bits per heavy atom. The van der Waals surface area contributed by atoms with Crippen LogP contribution in [0.5, 0.6) is 5.75 Å². The number of ketones is 1. The highest BCUT2D eigenvalue weighted by atomic mass is 32.1. The number of rotatable bonds is 7. The van der Waals surface area contributed by atoms with Crippen molar-refractivity contribution in [3.63, 3.8) is 0 Å². The maximum Gasteiger partial charge on any atom is 0.344 e. The average Bonchev–Trinajstić information content (AvgIpc) is 2.61. The van der Waals surface area contributed by atoms with E-state index in [1.807, 2.05) is 0 Å². The first-order chi connectivity index (χ1) is 11.6. The lowest BCUT2D eigenvalue weighted by Gasteiger charge is -2.07. The van der Waals surface area contributed by atoms with Gasteiger partial charge >= 0.3 is 5.97 Å². The normalized spacial score (nSPS) is 9.71. The minimum atomic E-state index is -0.434. The van der Waals surface area contributed by atoms with Gasteiger partial charge in [0.05, 0.1) is 17.5 Å². The van der Waals surface area contributed by atoms with Crippen LogP contribution in [0, 0.1) is 0 Å². The molecule has 2 rings (SSSR count). The fourth-order valence-corrected chi connectivity index (χ4v) is 2.06. The van der Waals surface area contributed by atoms with Crippen molar-refractivity contribution in [1.82, 2.24) is 0 Å². The van der Waals surface area contributed by atoms with Gasteiger partial charge in [-0.25, -0.2) is 4.79 Å². The van der Waals surface area contributed by atoms with Crippen LogP contribution in [-0.4, -0.2) is 30.1 Å².